The number of thiophene rings is 1. The summed E-state index contributed by atoms with van der Waals surface area (Å²) in [5.41, 5.74) is 0. The quantitative estimate of drug-likeness (QED) is 0.728. The Morgan fingerprint density at radius 1 is 1.32 bits per heavy atom. The van der Waals surface area contributed by atoms with E-state index in [1.165, 1.54) is 4.88 Å². The molecule has 1 heterocycles. The molecule has 3 nitrogen and oxygen atoms in total. The zero-order chi connectivity index (χ0) is 14.1. The van der Waals surface area contributed by atoms with Crippen LogP contribution < -0.4 is 10.6 Å². The average molecular weight is 282 g/mol. The lowest BCUT2D eigenvalue weighted by Crippen LogP contribution is -2.40. The molecule has 1 rings (SSSR count). The summed E-state index contributed by atoms with van der Waals surface area (Å²) < 4.78 is 0. The van der Waals surface area contributed by atoms with Crippen LogP contribution in [-0.2, 0) is 4.79 Å². The van der Waals surface area contributed by atoms with Crippen molar-refractivity contribution in [2.45, 2.75) is 58.5 Å². The highest BCUT2D eigenvalue weighted by molar-refractivity contribution is 7.10. The molecule has 0 saturated carbocycles. The molecule has 1 aromatic rings. The number of nitrogens with one attached hydrogen (secondary N) is 2. The maximum Gasteiger partial charge on any atom is 0.234 e. The summed E-state index contributed by atoms with van der Waals surface area (Å²) in [6.07, 6.45) is 4.17. The minimum absolute atomic E-state index is 0.103. The molecule has 0 aliphatic rings. The van der Waals surface area contributed by atoms with Crippen molar-refractivity contribution in [3.05, 3.63) is 22.4 Å². The zero-order valence-electron chi connectivity index (χ0n) is 12.2. The molecule has 0 fully saturated rings. The number of amides is 1. The first-order chi connectivity index (χ1) is 9.21. The van der Waals surface area contributed by atoms with Gasteiger partial charge in [-0.25, -0.2) is 0 Å². The van der Waals surface area contributed by atoms with Crippen LogP contribution in [0.25, 0.3) is 0 Å². The maximum absolute atomic E-state index is 11.9. The van der Waals surface area contributed by atoms with Gasteiger partial charge in [0.1, 0.15) is 0 Å². The Labute approximate surface area is 120 Å². The molecule has 0 aromatic carbocycles. The molecule has 0 radical (unpaired) electrons. The first-order valence-electron chi connectivity index (χ1n) is 7.27. The molecule has 4 heteroatoms. The molecular weight excluding hydrogens is 256 g/mol. The second kappa shape index (κ2) is 9.10. The van der Waals surface area contributed by atoms with E-state index in [-0.39, 0.29) is 5.91 Å². The summed E-state index contributed by atoms with van der Waals surface area (Å²) in [5, 5.41) is 8.52. The Morgan fingerprint density at radius 3 is 2.58 bits per heavy atom. The summed E-state index contributed by atoms with van der Waals surface area (Å²) in [5.74, 6) is 0.103. The molecule has 0 bridgehead atoms. The molecule has 0 aliphatic heterocycles. The van der Waals surface area contributed by atoms with Gasteiger partial charge in [-0.05, 0) is 30.7 Å². The second-order valence-electron chi connectivity index (χ2n) is 4.82. The third kappa shape index (κ3) is 5.74. The van der Waals surface area contributed by atoms with Crippen LogP contribution in [0.2, 0.25) is 0 Å². The van der Waals surface area contributed by atoms with Crippen LogP contribution in [-0.4, -0.2) is 18.5 Å². The summed E-state index contributed by atoms with van der Waals surface area (Å²) in [4.78, 5) is 13.2. The standard InChI is InChI=1S/C15H26N2OS/c1-4-8-13(14-9-7-10-19-14)16-11-15(18)17-12(5-2)6-3/h7,9-10,12-13,16H,4-6,8,11H2,1-3H3,(H,17,18). The molecule has 0 aliphatic carbocycles. The topological polar surface area (TPSA) is 41.1 Å². The van der Waals surface area contributed by atoms with Crippen LogP contribution in [0.3, 0.4) is 0 Å². The fraction of sp³-hybridized carbons (Fsp3) is 0.667. The summed E-state index contributed by atoms with van der Waals surface area (Å²) >= 11 is 1.75. The summed E-state index contributed by atoms with van der Waals surface area (Å²) in [6.45, 7) is 6.78. The monoisotopic (exact) mass is 282 g/mol. The predicted molar refractivity (Wildman–Crippen MR) is 82.5 cm³/mol. The van der Waals surface area contributed by atoms with Gasteiger partial charge < -0.3 is 10.6 Å². The SMILES string of the molecule is CCCC(NCC(=O)NC(CC)CC)c1cccs1. The Morgan fingerprint density at radius 2 is 2.05 bits per heavy atom. The van der Waals surface area contributed by atoms with Gasteiger partial charge in [-0.3, -0.25) is 4.79 Å². The first-order valence-corrected chi connectivity index (χ1v) is 8.15. The zero-order valence-corrected chi connectivity index (χ0v) is 13.1. The maximum atomic E-state index is 11.9. The van der Waals surface area contributed by atoms with E-state index in [0.29, 0.717) is 18.6 Å². The van der Waals surface area contributed by atoms with Crippen molar-refractivity contribution >= 4 is 17.2 Å². The van der Waals surface area contributed by atoms with Gasteiger partial charge in [-0.15, -0.1) is 11.3 Å². The van der Waals surface area contributed by atoms with Crippen LogP contribution in [0.15, 0.2) is 17.5 Å². The van der Waals surface area contributed by atoms with Gasteiger partial charge in [-0.1, -0.05) is 33.3 Å². The van der Waals surface area contributed by atoms with Crippen LogP contribution in [0, 0.1) is 0 Å². The average Bonchev–Trinajstić information content (AvgIpc) is 2.94. The number of rotatable bonds is 9. The largest absolute Gasteiger partial charge is 0.352 e. The normalized spacial score (nSPS) is 12.6. The minimum Gasteiger partial charge on any atom is -0.352 e. The van der Waals surface area contributed by atoms with Crippen molar-refractivity contribution in [1.82, 2.24) is 10.6 Å². The molecule has 1 aromatic heterocycles. The van der Waals surface area contributed by atoms with Crippen LogP contribution >= 0.6 is 11.3 Å². The molecule has 19 heavy (non-hydrogen) atoms. The Hall–Kier alpha value is -0.870. The van der Waals surface area contributed by atoms with Crippen molar-refractivity contribution in [2.24, 2.45) is 0 Å². The van der Waals surface area contributed by atoms with Gasteiger partial charge in [0.2, 0.25) is 5.91 Å². The lowest BCUT2D eigenvalue weighted by molar-refractivity contribution is -0.121. The van der Waals surface area contributed by atoms with Crippen molar-refractivity contribution in [3.63, 3.8) is 0 Å². The molecule has 108 valence electrons. The van der Waals surface area contributed by atoms with E-state index >= 15 is 0 Å². The number of carbonyl (C=O) groups is 1. The van der Waals surface area contributed by atoms with Crippen LogP contribution in [0.5, 0.6) is 0 Å². The molecule has 1 unspecified atom stereocenters. The Kier molecular flexibility index (Phi) is 7.75. The van der Waals surface area contributed by atoms with E-state index in [9.17, 15) is 4.79 Å². The van der Waals surface area contributed by atoms with Crippen molar-refractivity contribution in [2.75, 3.05) is 6.54 Å². The highest BCUT2D eigenvalue weighted by atomic mass is 32.1. The minimum atomic E-state index is 0.103. The molecule has 0 saturated heterocycles. The van der Waals surface area contributed by atoms with Gasteiger partial charge in [0.25, 0.3) is 0 Å². The fourth-order valence-corrected chi connectivity index (χ4v) is 2.95. The highest BCUT2D eigenvalue weighted by Crippen LogP contribution is 2.22. The lowest BCUT2D eigenvalue weighted by atomic mass is 10.1. The number of carbonyl (C=O) groups excluding carboxylic acids is 1. The van der Waals surface area contributed by atoms with E-state index in [1.807, 2.05) is 0 Å². The Bertz CT molecular complexity index is 347. The van der Waals surface area contributed by atoms with E-state index in [2.05, 4.69) is 48.9 Å². The molecule has 1 atom stereocenters. The van der Waals surface area contributed by atoms with Crippen LogP contribution in [0.4, 0.5) is 0 Å². The van der Waals surface area contributed by atoms with E-state index < -0.39 is 0 Å². The van der Waals surface area contributed by atoms with Crippen molar-refractivity contribution < 1.29 is 4.79 Å². The smallest absolute Gasteiger partial charge is 0.234 e. The summed E-state index contributed by atoms with van der Waals surface area (Å²) in [7, 11) is 0. The first kappa shape index (κ1) is 16.2. The van der Waals surface area contributed by atoms with Gasteiger partial charge in [0.05, 0.1) is 6.54 Å². The molecule has 1 amide bonds. The van der Waals surface area contributed by atoms with Gasteiger partial charge >= 0.3 is 0 Å². The van der Waals surface area contributed by atoms with Gasteiger partial charge in [0, 0.05) is 17.0 Å². The predicted octanol–water partition coefficient (Wildman–Crippen LogP) is 3.48. The fourth-order valence-electron chi connectivity index (χ4n) is 2.11. The van der Waals surface area contributed by atoms with Crippen molar-refractivity contribution in [3.8, 4) is 0 Å². The van der Waals surface area contributed by atoms with E-state index in [4.69, 9.17) is 0 Å². The molecular formula is C15H26N2OS. The van der Waals surface area contributed by atoms with Crippen LogP contribution in [0.1, 0.15) is 57.4 Å². The lowest BCUT2D eigenvalue weighted by Gasteiger charge is -2.19. The number of hydrogen-bond acceptors (Lipinski definition) is 3. The van der Waals surface area contributed by atoms with E-state index in [1.54, 1.807) is 11.3 Å². The van der Waals surface area contributed by atoms with Gasteiger partial charge in [0.15, 0.2) is 0 Å². The Balaban J connectivity index is 2.41. The van der Waals surface area contributed by atoms with E-state index in [0.717, 1.165) is 25.7 Å². The third-order valence-corrected chi connectivity index (χ3v) is 4.31. The summed E-state index contributed by atoms with van der Waals surface area (Å²) in [6, 6.07) is 4.81. The van der Waals surface area contributed by atoms with Crippen molar-refractivity contribution in [1.29, 1.82) is 0 Å². The van der Waals surface area contributed by atoms with Gasteiger partial charge in [-0.2, -0.15) is 0 Å². The second-order valence-corrected chi connectivity index (χ2v) is 5.80. The molecule has 2 N–H and O–H groups in total. The molecule has 0 spiro atoms. The highest BCUT2D eigenvalue weighted by Gasteiger charge is 2.14. The number of hydrogen-bond donors (Lipinski definition) is 2. The third-order valence-electron chi connectivity index (χ3n) is 3.32.